The lowest BCUT2D eigenvalue weighted by Crippen LogP contribution is -2.11. The first-order valence-electron chi connectivity index (χ1n) is 18.5. The number of fused-ring (bicyclic) bond motifs is 1. The van der Waals surface area contributed by atoms with Crippen molar-refractivity contribution in [1.82, 2.24) is 0 Å². The monoisotopic (exact) mass is 694 g/mol. The van der Waals surface area contributed by atoms with Gasteiger partial charge in [-0.05, 0) is 131 Å². The Morgan fingerprint density at radius 1 is 0.278 bits per heavy atom. The second kappa shape index (κ2) is 15.8. The molecule has 0 aliphatic rings. The zero-order chi connectivity index (χ0) is 36.7. The van der Waals surface area contributed by atoms with Crippen LogP contribution in [0.3, 0.4) is 0 Å². The minimum absolute atomic E-state index is 1.11. The van der Waals surface area contributed by atoms with Crippen molar-refractivity contribution in [1.29, 1.82) is 0 Å². The van der Waals surface area contributed by atoms with Crippen LogP contribution in [0.5, 0.6) is 0 Å². The normalized spacial score (nSPS) is 11.4. The van der Waals surface area contributed by atoms with Gasteiger partial charge in [0.1, 0.15) is 0 Å². The third-order valence-corrected chi connectivity index (χ3v) is 9.84. The van der Waals surface area contributed by atoms with Gasteiger partial charge in [0.2, 0.25) is 0 Å². The number of hydrogen-bond acceptors (Lipinski definition) is 2. The fourth-order valence-electron chi connectivity index (χ4n) is 7.08. The third kappa shape index (κ3) is 7.65. The maximum absolute atomic E-state index is 2.36. The highest BCUT2D eigenvalue weighted by molar-refractivity contribution is 5.97. The van der Waals surface area contributed by atoms with E-state index >= 15 is 0 Å². The SMILES string of the molecule is Cc1cc(N(c2ccccc2)c2ccc(C=Cc3ccccc3)cc2)cc2c(C)cc(N(c3ccccc3)c3ccc(C=Cc4ccccc4)cc3)cc12. The fourth-order valence-corrected chi connectivity index (χ4v) is 7.08. The number of nitrogens with zero attached hydrogens (tertiary/aromatic N) is 2. The van der Waals surface area contributed by atoms with Crippen LogP contribution in [0.15, 0.2) is 194 Å². The van der Waals surface area contributed by atoms with Gasteiger partial charge in [0, 0.05) is 34.1 Å². The van der Waals surface area contributed by atoms with Crippen molar-refractivity contribution >= 4 is 69.2 Å². The van der Waals surface area contributed by atoms with Gasteiger partial charge >= 0.3 is 0 Å². The molecule has 0 aliphatic heterocycles. The summed E-state index contributed by atoms with van der Waals surface area (Å²) < 4.78 is 0. The minimum atomic E-state index is 1.11. The Hall–Kier alpha value is -6.90. The largest absolute Gasteiger partial charge is 0.310 e. The second-order valence-corrected chi connectivity index (χ2v) is 13.6. The molecule has 0 N–H and O–H groups in total. The average molecular weight is 695 g/mol. The molecule has 0 heterocycles. The van der Waals surface area contributed by atoms with Gasteiger partial charge in [-0.3, -0.25) is 0 Å². The molecule has 0 fully saturated rings. The lowest BCUT2D eigenvalue weighted by Gasteiger charge is -2.28. The van der Waals surface area contributed by atoms with Gasteiger partial charge in [-0.2, -0.15) is 0 Å². The van der Waals surface area contributed by atoms with Crippen LogP contribution >= 0.6 is 0 Å². The van der Waals surface area contributed by atoms with Gasteiger partial charge in [-0.1, -0.05) is 146 Å². The first-order chi connectivity index (χ1) is 26.6. The zero-order valence-electron chi connectivity index (χ0n) is 30.7. The van der Waals surface area contributed by atoms with Crippen LogP contribution in [0.1, 0.15) is 33.4 Å². The molecule has 8 aromatic carbocycles. The summed E-state index contributed by atoms with van der Waals surface area (Å²) in [6, 6.07) is 69.1. The summed E-state index contributed by atoms with van der Waals surface area (Å²) in [7, 11) is 0. The predicted molar refractivity (Wildman–Crippen MR) is 234 cm³/mol. The van der Waals surface area contributed by atoms with E-state index in [-0.39, 0.29) is 0 Å². The molecule has 0 saturated carbocycles. The molecule has 0 atom stereocenters. The molecule has 0 radical (unpaired) electrons. The minimum Gasteiger partial charge on any atom is -0.310 e. The molecule has 0 aliphatic carbocycles. The molecule has 0 unspecified atom stereocenters. The van der Waals surface area contributed by atoms with Crippen molar-refractivity contribution in [3.8, 4) is 0 Å². The molecule has 0 saturated heterocycles. The number of para-hydroxylation sites is 2. The standard InChI is InChI=1S/C52H42N2/c1-39-35-49(53(45-19-11-5-12-20-45)47-31-27-43(28-32-47)25-23-41-15-7-3-8-16-41)38-52-40(2)36-50(37-51(39)52)54(46-21-13-6-14-22-46)48-33-29-44(30-34-48)26-24-42-17-9-4-10-18-42/h3-38H,1-2H3. The summed E-state index contributed by atoms with van der Waals surface area (Å²) in [6.45, 7) is 4.47. The topological polar surface area (TPSA) is 6.48 Å². The Kier molecular flexibility index (Phi) is 9.99. The highest BCUT2D eigenvalue weighted by Gasteiger charge is 2.18. The van der Waals surface area contributed by atoms with E-state index in [9.17, 15) is 0 Å². The highest BCUT2D eigenvalue weighted by Crippen LogP contribution is 2.42. The summed E-state index contributed by atoms with van der Waals surface area (Å²) in [5.41, 5.74) is 13.9. The van der Waals surface area contributed by atoms with Crippen molar-refractivity contribution in [2.24, 2.45) is 0 Å². The van der Waals surface area contributed by atoms with Crippen LogP contribution in [0.25, 0.3) is 35.1 Å². The molecule has 8 aromatic rings. The van der Waals surface area contributed by atoms with Crippen LogP contribution in [0.2, 0.25) is 0 Å². The van der Waals surface area contributed by atoms with E-state index in [0.717, 1.165) is 45.3 Å². The number of rotatable bonds is 10. The van der Waals surface area contributed by atoms with Crippen molar-refractivity contribution < 1.29 is 0 Å². The van der Waals surface area contributed by atoms with Crippen molar-refractivity contribution in [3.63, 3.8) is 0 Å². The quantitative estimate of drug-likeness (QED) is 0.132. The van der Waals surface area contributed by atoms with E-state index in [2.05, 4.69) is 230 Å². The van der Waals surface area contributed by atoms with E-state index in [1.165, 1.54) is 33.0 Å². The average Bonchev–Trinajstić information content (AvgIpc) is 3.22. The maximum atomic E-state index is 2.36. The summed E-state index contributed by atoms with van der Waals surface area (Å²) in [4.78, 5) is 4.71. The molecule has 0 amide bonds. The van der Waals surface area contributed by atoms with Crippen LogP contribution in [-0.4, -0.2) is 0 Å². The zero-order valence-corrected chi connectivity index (χ0v) is 30.7. The molecular weight excluding hydrogens is 653 g/mol. The Morgan fingerprint density at radius 2 is 0.556 bits per heavy atom. The van der Waals surface area contributed by atoms with Gasteiger partial charge in [-0.25, -0.2) is 0 Å². The molecule has 2 nitrogen and oxygen atoms in total. The van der Waals surface area contributed by atoms with E-state index in [1.54, 1.807) is 0 Å². The highest BCUT2D eigenvalue weighted by atomic mass is 15.1. The lowest BCUT2D eigenvalue weighted by molar-refractivity contribution is 1.26. The molecule has 54 heavy (non-hydrogen) atoms. The lowest BCUT2D eigenvalue weighted by atomic mass is 9.97. The van der Waals surface area contributed by atoms with Crippen molar-refractivity contribution in [3.05, 3.63) is 228 Å². The Bertz CT molecular complexity index is 2340. The maximum Gasteiger partial charge on any atom is 0.0470 e. The third-order valence-electron chi connectivity index (χ3n) is 9.84. The van der Waals surface area contributed by atoms with Gasteiger partial charge in [0.25, 0.3) is 0 Å². The first-order valence-corrected chi connectivity index (χ1v) is 18.5. The van der Waals surface area contributed by atoms with Crippen molar-refractivity contribution in [2.45, 2.75) is 13.8 Å². The van der Waals surface area contributed by atoms with Gasteiger partial charge in [0.05, 0.1) is 0 Å². The number of anilines is 6. The fraction of sp³-hybridized carbons (Fsp3) is 0.0385. The van der Waals surface area contributed by atoms with Gasteiger partial charge < -0.3 is 9.80 Å². The molecular formula is C52H42N2. The van der Waals surface area contributed by atoms with E-state index in [0.29, 0.717) is 0 Å². The molecule has 2 heteroatoms. The van der Waals surface area contributed by atoms with E-state index in [4.69, 9.17) is 0 Å². The summed E-state index contributed by atoms with van der Waals surface area (Å²) in [5, 5.41) is 2.48. The summed E-state index contributed by atoms with van der Waals surface area (Å²) in [6.07, 6.45) is 8.66. The molecule has 0 aromatic heterocycles. The second-order valence-electron chi connectivity index (χ2n) is 13.6. The summed E-state index contributed by atoms with van der Waals surface area (Å²) in [5.74, 6) is 0. The van der Waals surface area contributed by atoms with Gasteiger partial charge in [0.15, 0.2) is 0 Å². The van der Waals surface area contributed by atoms with Crippen molar-refractivity contribution in [2.75, 3.05) is 9.80 Å². The molecule has 8 rings (SSSR count). The van der Waals surface area contributed by atoms with Gasteiger partial charge in [-0.15, -0.1) is 0 Å². The molecule has 0 spiro atoms. The van der Waals surface area contributed by atoms with Crippen LogP contribution < -0.4 is 9.80 Å². The predicted octanol–water partition coefficient (Wildman–Crippen LogP) is 14.7. The Labute approximate surface area is 319 Å². The van der Waals surface area contributed by atoms with Crippen LogP contribution in [0.4, 0.5) is 34.1 Å². The van der Waals surface area contributed by atoms with Crippen LogP contribution in [0, 0.1) is 13.8 Å². The summed E-state index contributed by atoms with van der Waals surface area (Å²) >= 11 is 0. The Balaban J connectivity index is 1.16. The van der Waals surface area contributed by atoms with E-state index in [1.807, 2.05) is 12.1 Å². The first kappa shape index (κ1) is 34.2. The smallest absolute Gasteiger partial charge is 0.0470 e. The molecule has 260 valence electrons. The molecule has 0 bridgehead atoms. The Morgan fingerprint density at radius 3 is 0.889 bits per heavy atom. The number of benzene rings is 8. The number of aryl methyl sites for hydroxylation is 2. The van der Waals surface area contributed by atoms with Crippen LogP contribution in [-0.2, 0) is 0 Å². The number of hydrogen-bond donors (Lipinski definition) is 0. The van der Waals surface area contributed by atoms with E-state index < -0.39 is 0 Å².